The van der Waals surface area contributed by atoms with Crippen LogP contribution in [0, 0.1) is 5.41 Å². The average molecular weight is 513 g/mol. The van der Waals surface area contributed by atoms with Crippen molar-refractivity contribution in [2.24, 2.45) is 11.1 Å². The molecular weight excluding hydrogens is 488 g/mol. The summed E-state index contributed by atoms with van der Waals surface area (Å²) in [5.41, 5.74) is 7.07. The van der Waals surface area contributed by atoms with Crippen molar-refractivity contribution < 1.29 is 19.1 Å². The number of nitrogens with zero attached hydrogens (tertiary/aromatic N) is 1. The average Bonchev–Trinajstić information content (AvgIpc) is 3.21. The number of rotatable bonds is 5. The number of aromatic amines is 1. The van der Waals surface area contributed by atoms with Crippen molar-refractivity contribution in [2.75, 3.05) is 13.7 Å². The Balaban J connectivity index is 1.65. The van der Waals surface area contributed by atoms with Gasteiger partial charge in [0.1, 0.15) is 16.9 Å². The Labute approximate surface area is 199 Å². The van der Waals surface area contributed by atoms with Crippen LogP contribution in [0.3, 0.4) is 0 Å². The molecule has 0 radical (unpaired) electrons. The zero-order chi connectivity index (χ0) is 23.9. The van der Waals surface area contributed by atoms with Crippen molar-refractivity contribution in [3.63, 3.8) is 0 Å². The first-order valence-electron chi connectivity index (χ1n) is 10.5. The molecule has 0 saturated carbocycles. The van der Waals surface area contributed by atoms with Crippen LogP contribution in [-0.4, -0.2) is 41.3 Å². The van der Waals surface area contributed by atoms with Gasteiger partial charge in [0.25, 0.3) is 5.91 Å². The summed E-state index contributed by atoms with van der Waals surface area (Å²) in [4.78, 5) is 42.9. The van der Waals surface area contributed by atoms with Gasteiger partial charge in [-0.3, -0.25) is 14.4 Å². The molecule has 0 bridgehead atoms. The minimum absolute atomic E-state index is 0.202. The minimum atomic E-state index is -1.37. The molecule has 0 aliphatic carbocycles. The number of methoxy groups -OCH3 is 1. The van der Waals surface area contributed by atoms with Crippen molar-refractivity contribution in [3.05, 3.63) is 63.8 Å². The Kier molecular flexibility index (Phi) is 5.92. The molecule has 0 fully saturated rings. The Hall–Kier alpha value is -3.33. The van der Waals surface area contributed by atoms with Gasteiger partial charge in [-0.25, -0.2) is 0 Å². The highest BCUT2D eigenvalue weighted by atomic mass is 79.9. The number of primary amides is 1. The summed E-state index contributed by atoms with van der Waals surface area (Å²) >= 11 is 3.45. The van der Waals surface area contributed by atoms with Gasteiger partial charge in [-0.2, -0.15) is 0 Å². The third kappa shape index (κ3) is 4.20. The minimum Gasteiger partial charge on any atom is -0.496 e. The van der Waals surface area contributed by atoms with Gasteiger partial charge in [0.15, 0.2) is 0 Å². The molecule has 8 nitrogen and oxygen atoms in total. The predicted molar refractivity (Wildman–Crippen MR) is 128 cm³/mol. The highest BCUT2D eigenvalue weighted by Gasteiger charge is 2.37. The van der Waals surface area contributed by atoms with Crippen LogP contribution in [0.25, 0.3) is 10.9 Å². The third-order valence-electron chi connectivity index (χ3n) is 6.09. The Morgan fingerprint density at radius 3 is 2.64 bits per heavy atom. The lowest BCUT2D eigenvalue weighted by atomic mass is 9.89. The first-order valence-corrected chi connectivity index (χ1v) is 11.3. The molecule has 1 aliphatic rings. The van der Waals surface area contributed by atoms with Crippen LogP contribution >= 0.6 is 15.9 Å². The molecule has 1 atom stereocenters. The van der Waals surface area contributed by atoms with Crippen molar-refractivity contribution in [3.8, 4) is 5.75 Å². The molecule has 1 unspecified atom stereocenters. The number of amides is 3. The van der Waals surface area contributed by atoms with E-state index in [1.54, 1.807) is 18.1 Å². The number of hydrogen-bond acceptors (Lipinski definition) is 4. The predicted octanol–water partition coefficient (Wildman–Crippen LogP) is 3.26. The van der Waals surface area contributed by atoms with E-state index in [-0.39, 0.29) is 12.5 Å². The number of fused-ring (bicyclic) bond motifs is 2. The second kappa shape index (κ2) is 8.55. The molecule has 4 rings (SSSR count). The highest BCUT2D eigenvalue weighted by Crippen LogP contribution is 2.33. The number of hydrogen-bond donors (Lipinski definition) is 3. The molecule has 3 amide bonds. The van der Waals surface area contributed by atoms with E-state index in [0.29, 0.717) is 18.0 Å². The van der Waals surface area contributed by atoms with Gasteiger partial charge >= 0.3 is 0 Å². The van der Waals surface area contributed by atoms with E-state index in [4.69, 9.17) is 10.5 Å². The molecule has 9 heteroatoms. The first kappa shape index (κ1) is 22.8. The molecule has 2 aromatic carbocycles. The van der Waals surface area contributed by atoms with Gasteiger partial charge in [0.05, 0.1) is 18.7 Å². The number of carbonyl (C=O) groups is 3. The molecule has 0 spiro atoms. The van der Waals surface area contributed by atoms with Gasteiger partial charge in [-0.1, -0.05) is 40.2 Å². The normalized spacial score (nSPS) is 15.8. The maximum absolute atomic E-state index is 13.5. The Bertz CT molecular complexity index is 1270. The number of aromatic nitrogens is 1. The number of benzene rings is 2. The summed E-state index contributed by atoms with van der Waals surface area (Å²) in [5, 5.41) is 3.72. The topological polar surface area (TPSA) is 118 Å². The molecule has 2 heterocycles. The van der Waals surface area contributed by atoms with E-state index < -0.39 is 23.3 Å². The van der Waals surface area contributed by atoms with E-state index in [1.165, 1.54) is 13.8 Å². The summed E-state index contributed by atoms with van der Waals surface area (Å²) in [6, 6.07) is 12.7. The van der Waals surface area contributed by atoms with Crippen LogP contribution in [-0.2, 0) is 16.1 Å². The number of nitrogens with one attached hydrogen (secondary N) is 2. The zero-order valence-corrected chi connectivity index (χ0v) is 20.2. The van der Waals surface area contributed by atoms with E-state index in [1.807, 2.05) is 36.4 Å². The van der Waals surface area contributed by atoms with Crippen LogP contribution in [0.2, 0.25) is 0 Å². The third-order valence-corrected chi connectivity index (χ3v) is 6.54. The number of nitrogens with two attached hydrogens (primary N) is 1. The smallest absolute Gasteiger partial charge is 0.270 e. The summed E-state index contributed by atoms with van der Waals surface area (Å²) in [6.07, 6.45) is 0. The quantitative estimate of drug-likeness (QED) is 0.454. The summed E-state index contributed by atoms with van der Waals surface area (Å²) in [6.45, 7) is 3.63. The van der Waals surface area contributed by atoms with E-state index in [0.717, 1.165) is 26.5 Å². The van der Waals surface area contributed by atoms with Gasteiger partial charge in [0.2, 0.25) is 11.8 Å². The van der Waals surface area contributed by atoms with Gasteiger partial charge in [0, 0.05) is 22.9 Å². The van der Waals surface area contributed by atoms with Crippen molar-refractivity contribution in [2.45, 2.75) is 26.4 Å². The van der Waals surface area contributed by atoms with Crippen LogP contribution in [0.5, 0.6) is 5.75 Å². The van der Waals surface area contributed by atoms with Gasteiger partial charge in [-0.05, 0) is 43.2 Å². The van der Waals surface area contributed by atoms with E-state index in [2.05, 4.69) is 26.2 Å². The number of halogens is 1. The fourth-order valence-electron chi connectivity index (χ4n) is 3.96. The lowest BCUT2D eigenvalue weighted by molar-refractivity contribution is -0.140. The maximum atomic E-state index is 13.5. The number of H-pyrrole nitrogens is 1. The molecule has 1 aromatic heterocycles. The molecule has 0 saturated heterocycles. The second-order valence-electron chi connectivity index (χ2n) is 8.65. The largest absolute Gasteiger partial charge is 0.496 e. The lowest BCUT2D eigenvalue weighted by Crippen LogP contribution is -2.50. The van der Waals surface area contributed by atoms with Gasteiger partial charge < -0.3 is 25.7 Å². The second-order valence-corrected chi connectivity index (χ2v) is 9.57. The van der Waals surface area contributed by atoms with Crippen LogP contribution < -0.4 is 15.8 Å². The highest BCUT2D eigenvalue weighted by molar-refractivity contribution is 9.10. The molecule has 172 valence electrons. The molecule has 1 aliphatic heterocycles. The van der Waals surface area contributed by atoms with Crippen LogP contribution in [0.4, 0.5) is 0 Å². The molecule has 33 heavy (non-hydrogen) atoms. The van der Waals surface area contributed by atoms with Crippen LogP contribution in [0.15, 0.2) is 46.9 Å². The molecule has 3 aromatic rings. The summed E-state index contributed by atoms with van der Waals surface area (Å²) < 4.78 is 6.28. The standard InChI is InChI=1S/C24H25BrN4O4/c1-24(2,22(26)31)23(32)28-19-12-29(11-13-6-4-5-7-15(13)19)21(30)18-10-16-17(27-18)8-14(25)9-20(16)33-3/h4-10,19,27H,11-12H2,1-3H3,(H2,26,31)(H,28,32). The SMILES string of the molecule is COc1cc(Br)cc2[nH]c(C(=O)N3Cc4ccccc4C(NC(=O)C(C)(C)C(N)=O)C3)cc12. The number of ether oxygens (including phenoxy) is 1. The fourth-order valence-corrected chi connectivity index (χ4v) is 4.40. The Morgan fingerprint density at radius 1 is 1.21 bits per heavy atom. The maximum Gasteiger partial charge on any atom is 0.270 e. The van der Waals surface area contributed by atoms with Crippen molar-refractivity contribution in [1.29, 1.82) is 0 Å². The number of carbonyl (C=O) groups excluding carboxylic acids is 3. The van der Waals surface area contributed by atoms with Crippen molar-refractivity contribution >= 4 is 44.6 Å². The molecule has 4 N–H and O–H groups in total. The van der Waals surface area contributed by atoms with E-state index >= 15 is 0 Å². The summed E-state index contributed by atoms with van der Waals surface area (Å²) in [5.74, 6) is -0.746. The fraction of sp³-hybridized carbons (Fsp3) is 0.292. The monoisotopic (exact) mass is 512 g/mol. The first-order chi connectivity index (χ1) is 15.6. The summed E-state index contributed by atoms with van der Waals surface area (Å²) in [7, 11) is 1.58. The van der Waals surface area contributed by atoms with E-state index in [9.17, 15) is 14.4 Å². The zero-order valence-electron chi connectivity index (χ0n) is 18.6. The lowest BCUT2D eigenvalue weighted by Gasteiger charge is -2.36. The Morgan fingerprint density at radius 2 is 1.94 bits per heavy atom. The van der Waals surface area contributed by atoms with Crippen LogP contribution in [0.1, 0.15) is 41.5 Å². The molecular formula is C24H25BrN4O4. The van der Waals surface area contributed by atoms with Crippen molar-refractivity contribution in [1.82, 2.24) is 15.2 Å². The van der Waals surface area contributed by atoms with Gasteiger partial charge in [-0.15, -0.1) is 0 Å².